The van der Waals surface area contributed by atoms with Crippen molar-refractivity contribution in [2.24, 2.45) is 5.10 Å². The van der Waals surface area contributed by atoms with Gasteiger partial charge in [-0.2, -0.15) is 9.67 Å². The summed E-state index contributed by atoms with van der Waals surface area (Å²) < 4.78 is 13.6. The maximum absolute atomic E-state index is 12.5. The van der Waals surface area contributed by atoms with Crippen molar-refractivity contribution < 1.29 is 23.9 Å². The summed E-state index contributed by atoms with van der Waals surface area (Å²) >= 11 is 7.78. The molecule has 3 aromatic carbocycles. The molecule has 12 heteroatoms. The van der Waals surface area contributed by atoms with Crippen LogP contribution in [-0.2, 0) is 4.79 Å². The molecule has 9 nitrogen and oxygen atoms in total. The highest BCUT2D eigenvalue weighted by Crippen LogP contribution is 2.28. The number of ether oxygens (including phenoxy) is 2. The average molecular weight is 647 g/mol. The van der Waals surface area contributed by atoms with Crippen LogP contribution >= 0.6 is 43.6 Å². The predicted octanol–water partition coefficient (Wildman–Crippen LogP) is 4.21. The predicted molar refractivity (Wildman–Crippen MR) is 146 cm³/mol. The molecule has 4 aromatic rings. The van der Waals surface area contributed by atoms with Gasteiger partial charge in [0.05, 0.1) is 36.8 Å². The number of hydrogen-bond acceptors (Lipinski definition) is 7. The van der Waals surface area contributed by atoms with E-state index in [4.69, 9.17) is 9.47 Å². The first-order valence-electron chi connectivity index (χ1n) is 10.8. The van der Waals surface area contributed by atoms with Crippen molar-refractivity contribution in [3.05, 3.63) is 75.2 Å². The number of H-pyrrole nitrogens is 1. The van der Waals surface area contributed by atoms with Gasteiger partial charge in [-0.1, -0.05) is 37.6 Å². The maximum Gasteiger partial charge on any atom is 0.342 e. The van der Waals surface area contributed by atoms with E-state index in [-0.39, 0.29) is 17.4 Å². The second-order valence-electron chi connectivity index (χ2n) is 7.50. The monoisotopic (exact) mass is 645 g/mol. The molecule has 2 N–H and O–H groups in total. The highest BCUT2D eigenvalue weighted by molar-refractivity contribution is 9.11. The van der Waals surface area contributed by atoms with Gasteiger partial charge in [0.2, 0.25) is 0 Å². The maximum atomic E-state index is 12.5. The molecule has 0 radical (unpaired) electrons. The zero-order valence-electron chi connectivity index (χ0n) is 19.7. The molecule has 4 rings (SSSR count). The Kier molecular flexibility index (Phi) is 8.85. The first-order valence-corrected chi connectivity index (χ1v) is 13.4. The lowest BCUT2D eigenvalue weighted by Gasteiger charge is -2.12. The molecular weight excluding hydrogens is 626 g/mol. The molecule has 1 aromatic heterocycles. The second kappa shape index (κ2) is 12.3. The number of amides is 1. The Morgan fingerprint density at radius 3 is 2.41 bits per heavy atom. The summed E-state index contributed by atoms with van der Waals surface area (Å²) in [6.45, 7) is 0. The normalized spacial score (nSPS) is 11.0. The number of carbonyl (C=O) groups is 1. The fourth-order valence-electron chi connectivity index (χ4n) is 3.32. The van der Waals surface area contributed by atoms with Crippen molar-refractivity contribution in [1.82, 2.24) is 15.6 Å². The molecule has 0 aliphatic carbocycles. The zero-order chi connectivity index (χ0) is 26.4. The standard InChI is InChI=1S/C25H21Br2N5O4S/c1-35-19-7-3-15(4-8-19)24-30-31-25(32(24)18-5-9-20(36-2)10-6-18)37-14-22(33)29-28-13-16-11-17(26)12-21(27)23(16)34/h3-13H,14H2,1-2H3,(H2,28,29,33,34). The number of benzene rings is 3. The van der Waals surface area contributed by atoms with E-state index in [1.54, 1.807) is 26.4 Å². The van der Waals surface area contributed by atoms with Gasteiger partial charge in [-0.05, 0) is 78.0 Å². The van der Waals surface area contributed by atoms with Gasteiger partial charge >= 0.3 is 5.16 Å². The van der Waals surface area contributed by atoms with Crippen LogP contribution in [0.25, 0.3) is 17.1 Å². The highest BCUT2D eigenvalue weighted by atomic mass is 79.9. The molecule has 0 unspecified atom stereocenters. The lowest BCUT2D eigenvalue weighted by molar-refractivity contribution is -0.625. The molecule has 0 spiro atoms. The van der Waals surface area contributed by atoms with Crippen LogP contribution in [0.1, 0.15) is 5.56 Å². The van der Waals surface area contributed by atoms with Gasteiger partial charge in [0.25, 0.3) is 11.7 Å². The number of aromatic amines is 1. The van der Waals surface area contributed by atoms with E-state index in [0.717, 1.165) is 33.0 Å². The molecule has 1 heterocycles. The summed E-state index contributed by atoms with van der Waals surface area (Å²) in [6, 6.07) is 18.4. The lowest BCUT2D eigenvalue weighted by Crippen LogP contribution is -2.34. The van der Waals surface area contributed by atoms with Crippen LogP contribution in [-0.4, -0.2) is 42.3 Å². The minimum atomic E-state index is -0.349. The van der Waals surface area contributed by atoms with Crippen LogP contribution in [0.15, 0.2) is 79.9 Å². The van der Waals surface area contributed by atoms with Crippen LogP contribution < -0.4 is 24.6 Å². The number of halogens is 2. The van der Waals surface area contributed by atoms with E-state index in [9.17, 15) is 9.90 Å². The van der Waals surface area contributed by atoms with E-state index >= 15 is 0 Å². The summed E-state index contributed by atoms with van der Waals surface area (Å²) in [7, 11) is 3.22. The SMILES string of the molecule is COc1ccc(-c2[nH]nc(SCC(=O)NN=Cc3cc(Br)cc(Br)c3[O-])[n+]2-c2ccc(OC)cc2)cc1. The summed E-state index contributed by atoms with van der Waals surface area (Å²) in [4.78, 5) is 12.5. The molecule has 0 aliphatic rings. The van der Waals surface area contributed by atoms with E-state index in [2.05, 4.69) is 52.6 Å². The summed E-state index contributed by atoms with van der Waals surface area (Å²) in [5, 5.41) is 24.2. The Morgan fingerprint density at radius 1 is 1.11 bits per heavy atom. The Bertz CT molecular complexity index is 1430. The number of hydrogen-bond donors (Lipinski definition) is 2. The van der Waals surface area contributed by atoms with Gasteiger partial charge in [-0.25, -0.2) is 5.43 Å². The number of rotatable bonds is 9. The number of carbonyl (C=O) groups excluding carboxylic acids is 1. The van der Waals surface area contributed by atoms with Gasteiger partial charge in [0.1, 0.15) is 17.2 Å². The largest absolute Gasteiger partial charge is 0.871 e. The number of hydrazone groups is 1. The molecule has 190 valence electrons. The molecular formula is C25H21Br2N5O4S. The Labute approximate surface area is 234 Å². The van der Waals surface area contributed by atoms with Crippen molar-refractivity contribution in [3.63, 3.8) is 0 Å². The third kappa shape index (κ3) is 6.51. The molecule has 1 amide bonds. The average Bonchev–Trinajstić information content (AvgIpc) is 3.34. The lowest BCUT2D eigenvalue weighted by atomic mass is 10.2. The van der Waals surface area contributed by atoms with Gasteiger partial charge in [-0.3, -0.25) is 4.79 Å². The van der Waals surface area contributed by atoms with Crippen LogP contribution in [0, 0.1) is 0 Å². The fourth-order valence-corrected chi connectivity index (χ4v) is 5.34. The molecule has 0 bridgehead atoms. The Morgan fingerprint density at radius 2 is 1.76 bits per heavy atom. The third-order valence-electron chi connectivity index (χ3n) is 5.13. The second-order valence-corrected chi connectivity index (χ2v) is 10.2. The van der Waals surface area contributed by atoms with Crippen LogP contribution in [0.3, 0.4) is 0 Å². The molecule has 0 saturated carbocycles. The van der Waals surface area contributed by atoms with Crippen molar-refractivity contribution in [2.75, 3.05) is 20.0 Å². The first-order chi connectivity index (χ1) is 17.9. The van der Waals surface area contributed by atoms with Gasteiger partial charge in [0, 0.05) is 8.95 Å². The van der Waals surface area contributed by atoms with E-state index < -0.39 is 0 Å². The van der Waals surface area contributed by atoms with Crippen LogP contribution in [0.5, 0.6) is 17.2 Å². The Hall–Kier alpha value is -3.35. The molecule has 0 fully saturated rings. The summed E-state index contributed by atoms with van der Waals surface area (Å²) in [5.41, 5.74) is 4.52. The minimum absolute atomic E-state index is 0.0484. The number of aromatic nitrogens is 3. The van der Waals surface area contributed by atoms with Gasteiger partial charge in [0.15, 0.2) is 0 Å². The fraction of sp³-hybridized carbons (Fsp3) is 0.120. The van der Waals surface area contributed by atoms with E-state index in [0.29, 0.717) is 15.2 Å². The van der Waals surface area contributed by atoms with Gasteiger partial charge < -0.3 is 14.6 Å². The van der Waals surface area contributed by atoms with Crippen molar-refractivity contribution in [3.8, 4) is 34.3 Å². The number of thioether (sulfide) groups is 1. The third-order valence-corrected chi connectivity index (χ3v) is 7.11. The molecule has 0 aliphatic heterocycles. The number of nitrogens with one attached hydrogen (secondary N) is 2. The van der Waals surface area contributed by atoms with Crippen molar-refractivity contribution in [1.29, 1.82) is 0 Å². The first kappa shape index (κ1) is 26.7. The Balaban J connectivity index is 1.53. The van der Waals surface area contributed by atoms with Crippen LogP contribution in [0.4, 0.5) is 0 Å². The quantitative estimate of drug-likeness (QED) is 0.122. The number of methoxy groups -OCH3 is 2. The zero-order valence-corrected chi connectivity index (χ0v) is 23.7. The highest BCUT2D eigenvalue weighted by Gasteiger charge is 2.24. The molecule has 37 heavy (non-hydrogen) atoms. The van der Waals surface area contributed by atoms with Crippen molar-refractivity contribution >= 4 is 55.7 Å². The van der Waals surface area contributed by atoms with E-state index in [1.165, 1.54) is 18.0 Å². The number of nitrogens with zero attached hydrogens (tertiary/aromatic N) is 3. The molecule has 0 atom stereocenters. The van der Waals surface area contributed by atoms with Gasteiger partial charge in [-0.15, -0.1) is 5.10 Å². The van der Waals surface area contributed by atoms with E-state index in [1.807, 2.05) is 53.1 Å². The van der Waals surface area contributed by atoms with Crippen molar-refractivity contribution in [2.45, 2.75) is 5.16 Å². The molecule has 0 saturated heterocycles. The minimum Gasteiger partial charge on any atom is -0.871 e. The summed E-state index contributed by atoms with van der Waals surface area (Å²) in [6.07, 6.45) is 1.31. The smallest absolute Gasteiger partial charge is 0.342 e. The van der Waals surface area contributed by atoms with Crippen LogP contribution in [0.2, 0.25) is 0 Å². The summed E-state index contributed by atoms with van der Waals surface area (Å²) in [5.74, 6) is 1.68. The topological polar surface area (TPSA) is 116 Å².